The molecule has 226 valence electrons. The fourth-order valence-electron chi connectivity index (χ4n) is 4.56. The van der Waals surface area contributed by atoms with Crippen molar-refractivity contribution in [3.63, 3.8) is 0 Å². The number of rotatable bonds is 4. The van der Waals surface area contributed by atoms with Crippen LogP contribution in [0.1, 0.15) is 34.7 Å². The highest BCUT2D eigenvalue weighted by Crippen LogP contribution is 2.41. The van der Waals surface area contributed by atoms with Gasteiger partial charge < -0.3 is 10.2 Å². The van der Waals surface area contributed by atoms with Gasteiger partial charge in [-0.1, -0.05) is 17.7 Å². The molecule has 1 aliphatic rings. The van der Waals surface area contributed by atoms with E-state index < -0.39 is 51.9 Å². The van der Waals surface area contributed by atoms with Gasteiger partial charge in [0.2, 0.25) is 0 Å². The van der Waals surface area contributed by atoms with Crippen molar-refractivity contribution >= 4 is 57.6 Å². The van der Waals surface area contributed by atoms with E-state index in [2.05, 4.69) is 10.3 Å². The highest BCUT2D eigenvalue weighted by molar-refractivity contribution is 7.81. The Balaban J connectivity index is 1.89. The molecule has 1 aliphatic heterocycles. The zero-order valence-electron chi connectivity index (χ0n) is 22.7. The Kier molecular flexibility index (Phi) is 8.68. The largest absolute Gasteiger partial charge is 0.417 e. The molecule has 1 N–H and O–H groups in total. The summed E-state index contributed by atoms with van der Waals surface area (Å²) in [5.74, 6) is -0.273. The first-order valence-corrected chi connectivity index (χ1v) is 13.3. The van der Waals surface area contributed by atoms with Gasteiger partial charge in [-0.3, -0.25) is 4.90 Å². The molecule has 44 heavy (non-hydrogen) atoms. The van der Waals surface area contributed by atoms with Crippen molar-refractivity contribution in [3.05, 3.63) is 88.5 Å². The van der Waals surface area contributed by atoms with Gasteiger partial charge in [0.05, 0.1) is 40.1 Å². The quantitative estimate of drug-likeness (QED) is 0.228. The summed E-state index contributed by atoms with van der Waals surface area (Å²) in [6, 6.07) is 15.2. The average molecular weight is 649 g/mol. The Hall–Kier alpha value is -4.60. The molecule has 1 atom stereocenters. The molecular weight excluding hydrogens is 629 g/mol. The normalized spacial score (nSPS) is 17.9. The van der Waals surface area contributed by atoms with Crippen molar-refractivity contribution in [2.24, 2.45) is 4.99 Å². The summed E-state index contributed by atoms with van der Waals surface area (Å²) < 4.78 is 97.2. The third-order valence-corrected chi connectivity index (χ3v) is 7.27. The minimum atomic E-state index is -4.93. The van der Waals surface area contributed by atoms with Crippen LogP contribution in [0.5, 0.6) is 0 Å². The number of halogens is 7. The van der Waals surface area contributed by atoms with Crippen LogP contribution in [0.15, 0.2) is 65.7 Å². The smallest absolute Gasteiger partial charge is 0.331 e. The third kappa shape index (κ3) is 6.06. The van der Waals surface area contributed by atoms with Crippen LogP contribution in [0, 0.1) is 29.6 Å². The number of nitriles is 2. The SMILES string of the molecule is Cc1ccc(N2C(=S)N(c3ccc(C#N)c(C(F)(F)F)c3)/C(=N\C(=S)Nc3ccc(C#N)c(C(F)(F)F)c3)C2(C)CF)cc1. The van der Waals surface area contributed by atoms with E-state index in [4.69, 9.17) is 29.7 Å². The second-order valence-corrected chi connectivity index (χ2v) is 10.5. The molecule has 1 heterocycles. The topological polar surface area (TPSA) is 78.4 Å². The summed E-state index contributed by atoms with van der Waals surface area (Å²) in [4.78, 5) is 6.68. The van der Waals surface area contributed by atoms with Crippen LogP contribution in [0.2, 0.25) is 0 Å². The summed E-state index contributed by atoms with van der Waals surface area (Å²) in [7, 11) is 0. The van der Waals surface area contributed by atoms with E-state index in [1.807, 2.05) is 6.92 Å². The molecule has 4 rings (SSSR count). The van der Waals surface area contributed by atoms with Crippen molar-refractivity contribution in [1.29, 1.82) is 10.5 Å². The molecule has 3 aromatic rings. The standard InChI is InChI=1S/C29H19F7N6S2/c1-16-3-8-20(9-4-16)42-26(44)41(21-10-6-18(14-38)23(12-21)29(34,35)36)24(27(42,2)15-30)40-25(43)39-19-7-5-17(13-37)22(11-19)28(31,32)33/h3-12H,15H2,1-2H3,(H,39,43)/b40-24-. The number of thiocarbonyl (C=S) groups is 2. The molecule has 0 radical (unpaired) electrons. The molecular formula is C29H19F7N6S2. The number of hydrogen-bond acceptors (Lipinski definition) is 4. The van der Waals surface area contributed by atoms with Gasteiger partial charge in [-0.05, 0) is 86.8 Å². The van der Waals surface area contributed by atoms with Crippen molar-refractivity contribution < 1.29 is 30.7 Å². The van der Waals surface area contributed by atoms with E-state index in [1.54, 1.807) is 24.3 Å². The molecule has 0 amide bonds. The summed E-state index contributed by atoms with van der Waals surface area (Å²) in [5, 5.41) is 20.2. The zero-order chi connectivity index (χ0) is 32.6. The number of aryl methyl sites for hydroxylation is 1. The predicted molar refractivity (Wildman–Crippen MR) is 159 cm³/mol. The molecule has 0 saturated carbocycles. The van der Waals surface area contributed by atoms with Crippen molar-refractivity contribution in [3.8, 4) is 12.1 Å². The number of anilines is 3. The van der Waals surface area contributed by atoms with Crippen LogP contribution >= 0.6 is 24.4 Å². The van der Waals surface area contributed by atoms with Crippen LogP contribution in [-0.4, -0.2) is 28.3 Å². The summed E-state index contributed by atoms with van der Waals surface area (Å²) in [5.41, 5.74) is -4.73. The summed E-state index contributed by atoms with van der Waals surface area (Å²) in [6.45, 7) is 2.03. The fourth-order valence-corrected chi connectivity index (χ4v) is 5.26. The first-order valence-electron chi connectivity index (χ1n) is 12.4. The highest BCUT2D eigenvalue weighted by Gasteiger charge is 2.52. The molecule has 0 aliphatic carbocycles. The van der Waals surface area contributed by atoms with Gasteiger partial charge in [-0.25, -0.2) is 9.38 Å². The third-order valence-electron chi connectivity index (χ3n) is 6.71. The fraction of sp³-hybridized carbons (Fsp3) is 0.207. The van der Waals surface area contributed by atoms with Crippen LogP contribution < -0.4 is 15.1 Å². The van der Waals surface area contributed by atoms with Crippen molar-refractivity contribution in [2.45, 2.75) is 31.7 Å². The Morgan fingerprint density at radius 2 is 1.41 bits per heavy atom. The monoisotopic (exact) mass is 648 g/mol. The maximum absolute atomic E-state index is 15.1. The Bertz CT molecular complexity index is 1750. The lowest BCUT2D eigenvalue weighted by atomic mass is 10.00. The average Bonchev–Trinajstić information content (AvgIpc) is 3.18. The molecule has 0 aromatic heterocycles. The highest BCUT2D eigenvalue weighted by atomic mass is 32.1. The van der Waals surface area contributed by atoms with Gasteiger partial charge in [0.15, 0.2) is 10.2 Å². The Morgan fingerprint density at radius 1 is 0.886 bits per heavy atom. The second-order valence-electron chi connectivity index (χ2n) is 9.77. The minimum absolute atomic E-state index is 0.175. The first kappa shape index (κ1) is 32.3. The van der Waals surface area contributed by atoms with Crippen LogP contribution in [0.3, 0.4) is 0 Å². The molecule has 0 spiro atoms. The molecule has 0 bridgehead atoms. The van der Waals surface area contributed by atoms with Gasteiger partial charge in [-0.15, -0.1) is 0 Å². The Morgan fingerprint density at radius 3 is 1.93 bits per heavy atom. The number of alkyl halides is 7. The van der Waals surface area contributed by atoms with Crippen LogP contribution in [-0.2, 0) is 12.4 Å². The number of hydrogen-bond donors (Lipinski definition) is 1. The maximum Gasteiger partial charge on any atom is 0.417 e. The second kappa shape index (κ2) is 11.8. The van der Waals surface area contributed by atoms with Gasteiger partial charge >= 0.3 is 12.4 Å². The number of aliphatic imine (C=N–C) groups is 1. The number of amidine groups is 1. The zero-order valence-corrected chi connectivity index (χ0v) is 24.3. The van der Waals surface area contributed by atoms with Crippen LogP contribution in [0.25, 0.3) is 0 Å². The van der Waals surface area contributed by atoms with E-state index in [9.17, 15) is 31.6 Å². The van der Waals surface area contributed by atoms with Gasteiger partial charge in [0, 0.05) is 11.4 Å². The number of benzene rings is 3. The first-order chi connectivity index (χ1) is 20.5. The van der Waals surface area contributed by atoms with E-state index in [0.29, 0.717) is 17.8 Å². The molecule has 3 aromatic carbocycles. The lowest BCUT2D eigenvalue weighted by Gasteiger charge is -2.32. The molecule has 1 unspecified atom stereocenters. The van der Waals surface area contributed by atoms with Crippen molar-refractivity contribution in [1.82, 2.24) is 0 Å². The minimum Gasteiger partial charge on any atom is -0.331 e. The number of nitrogens with zero attached hydrogens (tertiary/aromatic N) is 5. The lowest BCUT2D eigenvalue weighted by molar-refractivity contribution is -0.138. The van der Waals surface area contributed by atoms with Gasteiger partial charge in [-0.2, -0.15) is 36.9 Å². The molecule has 6 nitrogen and oxygen atoms in total. The molecule has 1 saturated heterocycles. The predicted octanol–water partition coefficient (Wildman–Crippen LogP) is 7.91. The summed E-state index contributed by atoms with van der Waals surface area (Å²) in [6.07, 6.45) is -9.79. The van der Waals surface area contributed by atoms with E-state index in [-0.39, 0.29) is 22.3 Å². The van der Waals surface area contributed by atoms with E-state index in [0.717, 1.165) is 28.7 Å². The van der Waals surface area contributed by atoms with Gasteiger partial charge in [0.1, 0.15) is 18.0 Å². The molecule has 15 heteroatoms. The van der Waals surface area contributed by atoms with E-state index >= 15 is 4.39 Å². The Labute approximate surface area is 257 Å². The molecule has 1 fully saturated rings. The van der Waals surface area contributed by atoms with Crippen molar-refractivity contribution in [2.75, 3.05) is 21.8 Å². The summed E-state index contributed by atoms with van der Waals surface area (Å²) >= 11 is 10.9. The lowest BCUT2D eigenvalue weighted by Crippen LogP contribution is -2.49. The van der Waals surface area contributed by atoms with Gasteiger partial charge in [0.25, 0.3) is 0 Å². The maximum atomic E-state index is 15.1. The van der Waals surface area contributed by atoms with Crippen LogP contribution in [0.4, 0.5) is 47.8 Å². The number of nitrogens with one attached hydrogen (secondary N) is 1. The van der Waals surface area contributed by atoms with E-state index in [1.165, 1.54) is 30.0 Å².